The van der Waals surface area contributed by atoms with Gasteiger partial charge in [0.25, 0.3) is 0 Å². The molecule has 3 heteroatoms. The molecule has 0 atom stereocenters. The van der Waals surface area contributed by atoms with E-state index in [0.717, 1.165) is 0 Å². The van der Waals surface area contributed by atoms with Gasteiger partial charge in [0.2, 0.25) is 0 Å². The fourth-order valence-electron chi connectivity index (χ4n) is 1.50. The zero-order valence-electron chi connectivity index (χ0n) is 10.6. The summed E-state index contributed by atoms with van der Waals surface area (Å²) in [6.07, 6.45) is 2.43. The van der Waals surface area contributed by atoms with Gasteiger partial charge in [-0.3, -0.25) is 0 Å². The zero-order valence-corrected chi connectivity index (χ0v) is 10.6. The molecule has 0 spiro atoms. The second kappa shape index (κ2) is 4.55. The van der Waals surface area contributed by atoms with Gasteiger partial charge in [0.1, 0.15) is 11.4 Å². The molecular formula is C14H19FO2. The number of halogens is 1. The first-order valence-electron chi connectivity index (χ1n) is 6.05. The van der Waals surface area contributed by atoms with E-state index in [9.17, 15) is 4.39 Å². The lowest BCUT2D eigenvalue weighted by Crippen LogP contribution is -2.23. The number of benzene rings is 1. The molecule has 2 rings (SSSR count). The van der Waals surface area contributed by atoms with Gasteiger partial charge in [-0.05, 0) is 51.7 Å². The Morgan fingerprint density at radius 3 is 2.53 bits per heavy atom. The molecule has 0 aromatic heterocycles. The molecule has 1 fully saturated rings. The van der Waals surface area contributed by atoms with Gasteiger partial charge in [-0.15, -0.1) is 0 Å². The first-order valence-corrected chi connectivity index (χ1v) is 6.05. The van der Waals surface area contributed by atoms with Crippen LogP contribution in [0.5, 0.6) is 11.5 Å². The standard InChI is InChI=1S/C14H19FO2/c1-14(2,3)17-12-7-6-11(15)8-13(12)16-9-10-4-5-10/h6-8,10H,4-5,9H2,1-3H3. The summed E-state index contributed by atoms with van der Waals surface area (Å²) < 4.78 is 24.6. The molecular weight excluding hydrogens is 219 g/mol. The maximum Gasteiger partial charge on any atom is 0.164 e. The molecule has 94 valence electrons. The Balaban J connectivity index is 2.11. The molecule has 0 N–H and O–H groups in total. The van der Waals surface area contributed by atoms with Crippen molar-refractivity contribution in [2.45, 2.75) is 39.2 Å². The van der Waals surface area contributed by atoms with Crippen LogP contribution in [0.2, 0.25) is 0 Å². The molecule has 0 saturated heterocycles. The van der Waals surface area contributed by atoms with Crippen molar-refractivity contribution in [3.8, 4) is 11.5 Å². The molecule has 1 aliphatic carbocycles. The van der Waals surface area contributed by atoms with Gasteiger partial charge >= 0.3 is 0 Å². The second-order valence-corrected chi connectivity index (χ2v) is 5.56. The molecule has 17 heavy (non-hydrogen) atoms. The predicted octanol–water partition coefficient (Wildman–Crippen LogP) is 3.79. The van der Waals surface area contributed by atoms with Crippen molar-refractivity contribution in [3.05, 3.63) is 24.0 Å². The Hall–Kier alpha value is -1.25. The van der Waals surface area contributed by atoms with Crippen LogP contribution in [0, 0.1) is 11.7 Å². The van der Waals surface area contributed by atoms with Crippen molar-refractivity contribution in [2.75, 3.05) is 6.61 Å². The summed E-state index contributed by atoms with van der Waals surface area (Å²) in [5.41, 5.74) is -0.310. The summed E-state index contributed by atoms with van der Waals surface area (Å²) in [4.78, 5) is 0. The highest BCUT2D eigenvalue weighted by molar-refractivity contribution is 5.40. The van der Waals surface area contributed by atoms with E-state index >= 15 is 0 Å². The highest BCUT2D eigenvalue weighted by Gasteiger charge is 2.23. The van der Waals surface area contributed by atoms with E-state index in [1.807, 2.05) is 20.8 Å². The van der Waals surface area contributed by atoms with Crippen LogP contribution in [-0.2, 0) is 0 Å². The minimum absolute atomic E-state index is 0.294. The van der Waals surface area contributed by atoms with Crippen LogP contribution in [0.15, 0.2) is 18.2 Å². The van der Waals surface area contributed by atoms with Gasteiger partial charge in [-0.1, -0.05) is 0 Å². The summed E-state index contributed by atoms with van der Waals surface area (Å²) in [7, 11) is 0. The van der Waals surface area contributed by atoms with Crippen LogP contribution in [0.25, 0.3) is 0 Å². The van der Waals surface area contributed by atoms with E-state index in [1.54, 1.807) is 6.07 Å². The van der Waals surface area contributed by atoms with Crippen LogP contribution in [0.3, 0.4) is 0 Å². The van der Waals surface area contributed by atoms with Crippen molar-refractivity contribution in [1.29, 1.82) is 0 Å². The van der Waals surface area contributed by atoms with Gasteiger partial charge in [0.05, 0.1) is 6.61 Å². The number of rotatable bonds is 4. The topological polar surface area (TPSA) is 18.5 Å². The third-order valence-corrected chi connectivity index (χ3v) is 2.49. The highest BCUT2D eigenvalue weighted by atomic mass is 19.1. The fourth-order valence-corrected chi connectivity index (χ4v) is 1.50. The first kappa shape index (κ1) is 12.2. The average molecular weight is 238 g/mol. The van der Waals surface area contributed by atoms with E-state index in [4.69, 9.17) is 9.47 Å². The molecule has 0 unspecified atom stereocenters. The molecule has 1 aromatic carbocycles. The van der Waals surface area contributed by atoms with E-state index in [-0.39, 0.29) is 11.4 Å². The molecule has 2 nitrogen and oxygen atoms in total. The predicted molar refractivity (Wildman–Crippen MR) is 65.0 cm³/mol. The molecule has 0 radical (unpaired) electrons. The van der Waals surface area contributed by atoms with Crippen molar-refractivity contribution < 1.29 is 13.9 Å². The van der Waals surface area contributed by atoms with Crippen LogP contribution >= 0.6 is 0 Å². The van der Waals surface area contributed by atoms with E-state index in [1.165, 1.54) is 25.0 Å². The maximum atomic E-state index is 13.2. The number of ether oxygens (including phenoxy) is 2. The lowest BCUT2D eigenvalue weighted by molar-refractivity contribution is 0.122. The smallest absolute Gasteiger partial charge is 0.164 e. The Morgan fingerprint density at radius 2 is 1.94 bits per heavy atom. The summed E-state index contributed by atoms with van der Waals surface area (Å²) in [6, 6.07) is 4.41. The summed E-state index contributed by atoms with van der Waals surface area (Å²) >= 11 is 0. The Labute approximate surface area is 102 Å². The molecule has 0 aliphatic heterocycles. The lowest BCUT2D eigenvalue weighted by atomic mass is 10.2. The lowest BCUT2D eigenvalue weighted by Gasteiger charge is -2.23. The van der Waals surface area contributed by atoms with Crippen LogP contribution < -0.4 is 9.47 Å². The molecule has 1 saturated carbocycles. The minimum atomic E-state index is -0.310. The Kier molecular flexibility index (Phi) is 3.27. The SMILES string of the molecule is CC(C)(C)Oc1ccc(F)cc1OCC1CC1. The number of hydrogen-bond acceptors (Lipinski definition) is 2. The largest absolute Gasteiger partial charge is 0.489 e. The second-order valence-electron chi connectivity index (χ2n) is 5.56. The third kappa shape index (κ3) is 3.91. The summed E-state index contributed by atoms with van der Waals surface area (Å²) in [5, 5.41) is 0. The Bertz CT molecular complexity index is 392. The van der Waals surface area contributed by atoms with Gasteiger partial charge < -0.3 is 9.47 Å². The van der Waals surface area contributed by atoms with Crippen LogP contribution in [-0.4, -0.2) is 12.2 Å². The van der Waals surface area contributed by atoms with Crippen LogP contribution in [0.1, 0.15) is 33.6 Å². The van der Waals surface area contributed by atoms with Crippen LogP contribution in [0.4, 0.5) is 4.39 Å². The average Bonchev–Trinajstić information content (AvgIpc) is 3.00. The van der Waals surface area contributed by atoms with Gasteiger partial charge in [0.15, 0.2) is 11.5 Å². The first-order chi connectivity index (χ1) is 7.94. The van der Waals surface area contributed by atoms with E-state index < -0.39 is 0 Å². The zero-order chi connectivity index (χ0) is 12.5. The van der Waals surface area contributed by atoms with E-state index in [2.05, 4.69) is 0 Å². The van der Waals surface area contributed by atoms with Crippen molar-refractivity contribution in [2.24, 2.45) is 5.92 Å². The van der Waals surface area contributed by atoms with Gasteiger partial charge in [0, 0.05) is 6.07 Å². The fraction of sp³-hybridized carbons (Fsp3) is 0.571. The molecule has 0 bridgehead atoms. The van der Waals surface area contributed by atoms with Gasteiger partial charge in [-0.25, -0.2) is 4.39 Å². The molecule has 0 amide bonds. The van der Waals surface area contributed by atoms with E-state index in [0.29, 0.717) is 24.0 Å². The quantitative estimate of drug-likeness (QED) is 0.794. The summed E-state index contributed by atoms with van der Waals surface area (Å²) in [6.45, 7) is 6.53. The molecule has 0 heterocycles. The molecule has 1 aromatic rings. The normalized spacial score (nSPS) is 15.8. The maximum absolute atomic E-state index is 13.2. The summed E-state index contributed by atoms with van der Waals surface area (Å²) in [5.74, 6) is 1.46. The number of hydrogen-bond donors (Lipinski definition) is 0. The van der Waals surface area contributed by atoms with Crippen molar-refractivity contribution >= 4 is 0 Å². The highest BCUT2D eigenvalue weighted by Crippen LogP contribution is 2.34. The van der Waals surface area contributed by atoms with Gasteiger partial charge in [-0.2, -0.15) is 0 Å². The monoisotopic (exact) mass is 238 g/mol. The van der Waals surface area contributed by atoms with Crippen molar-refractivity contribution in [1.82, 2.24) is 0 Å². The third-order valence-electron chi connectivity index (χ3n) is 2.49. The Morgan fingerprint density at radius 1 is 1.24 bits per heavy atom. The minimum Gasteiger partial charge on any atom is -0.489 e. The van der Waals surface area contributed by atoms with Crippen molar-refractivity contribution in [3.63, 3.8) is 0 Å². The molecule has 1 aliphatic rings.